The van der Waals surface area contributed by atoms with Gasteiger partial charge in [-0.15, -0.1) is 11.3 Å². The maximum absolute atomic E-state index is 12.9. The minimum absolute atomic E-state index is 0.128. The van der Waals surface area contributed by atoms with Gasteiger partial charge in [-0.2, -0.15) is 9.40 Å². The third-order valence-electron chi connectivity index (χ3n) is 4.97. The van der Waals surface area contributed by atoms with Crippen LogP contribution >= 0.6 is 11.3 Å². The molecule has 1 aliphatic rings. The summed E-state index contributed by atoms with van der Waals surface area (Å²) in [4.78, 5) is 13.1. The van der Waals surface area contributed by atoms with Crippen LogP contribution in [0, 0.1) is 19.8 Å². The van der Waals surface area contributed by atoms with Gasteiger partial charge in [0, 0.05) is 31.9 Å². The van der Waals surface area contributed by atoms with Crippen LogP contribution in [0.2, 0.25) is 0 Å². The predicted molar refractivity (Wildman–Crippen MR) is 110 cm³/mol. The van der Waals surface area contributed by atoms with E-state index in [0.29, 0.717) is 26.2 Å². The Kier molecular flexibility index (Phi) is 6.57. The Balaban J connectivity index is 1.64. The van der Waals surface area contributed by atoms with Crippen LogP contribution in [0.15, 0.2) is 22.4 Å². The summed E-state index contributed by atoms with van der Waals surface area (Å²) in [6.07, 6.45) is 2.79. The second kappa shape index (κ2) is 8.75. The summed E-state index contributed by atoms with van der Waals surface area (Å²) in [6.45, 7) is 8.21. The second-order valence-corrected chi connectivity index (χ2v) is 10.3. The SMILES string of the molecule is Cc1cc(C)n(C[C@H](C)CNC(=O)c2sccc2S(=O)(=O)N2CCCCC2)n1. The minimum atomic E-state index is -3.62. The Hall–Kier alpha value is -1.71. The summed E-state index contributed by atoms with van der Waals surface area (Å²) in [5.41, 5.74) is 2.06. The third-order valence-corrected chi connectivity index (χ3v) is 7.95. The fourth-order valence-electron chi connectivity index (χ4n) is 3.48. The maximum atomic E-state index is 12.9. The number of aryl methyl sites for hydroxylation is 2. The molecule has 3 heterocycles. The molecule has 9 heteroatoms. The number of carbonyl (C=O) groups excluding carboxylic acids is 1. The lowest BCUT2D eigenvalue weighted by Gasteiger charge is -2.25. The molecule has 28 heavy (non-hydrogen) atoms. The lowest BCUT2D eigenvalue weighted by atomic mass is 10.2. The Morgan fingerprint density at radius 2 is 2.00 bits per heavy atom. The summed E-state index contributed by atoms with van der Waals surface area (Å²) < 4.78 is 29.3. The number of thiophene rings is 1. The smallest absolute Gasteiger partial charge is 0.262 e. The standard InChI is InChI=1S/C19H28N4O3S2/c1-14(13-23-16(3)11-15(2)21-23)12-20-19(24)18-17(7-10-27-18)28(25,26)22-8-5-4-6-9-22/h7,10-11,14H,4-6,8-9,12-13H2,1-3H3,(H,20,24)/t14-/m1/s1. The number of nitrogens with one attached hydrogen (secondary N) is 1. The Bertz CT molecular complexity index is 927. The van der Waals surface area contributed by atoms with Gasteiger partial charge in [-0.1, -0.05) is 13.3 Å². The molecule has 0 spiro atoms. The van der Waals surface area contributed by atoms with E-state index in [1.54, 1.807) is 11.4 Å². The zero-order valence-electron chi connectivity index (χ0n) is 16.6. The summed E-state index contributed by atoms with van der Waals surface area (Å²) >= 11 is 1.17. The van der Waals surface area contributed by atoms with Crippen LogP contribution in [0.25, 0.3) is 0 Å². The first-order chi connectivity index (χ1) is 13.3. The van der Waals surface area contributed by atoms with Gasteiger partial charge in [0.25, 0.3) is 5.91 Å². The monoisotopic (exact) mass is 424 g/mol. The van der Waals surface area contributed by atoms with Gasteiger partial charge in [0.2, 0.25) is 10.0 Å². The van der Waals surface area contributed by atoms with E-state index in [-0.39, 0.29) is 21.6 Å². The molecular weight excluding hydrogens is 396 g/mol. The van der Waals surface area contributed by atoms with Gasteiger partial charge in [-0.05, 0) is 50.1 Å². The summed E-state index contributed by atoms with van der Waals surface area (Å²) in [5, 5.41) is 9.01. The van der Waals surface area contributed by atoms with Gasteiger partial charge in [0.05, 0.1) is 5.69 Å². The fraction of sp³-hybridized carbons (Fsp3) is 0.579. The number of aromatic nitrogens is 2. The van der Waals surface area contributed by atoms with E-state index in [1.807, 2.05) is 31.5 Å². The summed E-state index contributed by atoms with van der Waals surface area (Å²) in [6, 6.07) is 3.57. The topological polar surface area (TPSA) is 84.3 Å². The highest BCUT2D eigenvalue weighted by Crippen LogP contribution is 2.27. The number of hydrogen-bond donors (Lipinski definition) is 1. The Morgan fingerprint density at radius 3 is 2.64 bits per heavy atom. The highest BCUT2D eigenvalue weighted by molar-refractivity contribution is 7.89. The molecule has 1 atom stereocenters. The van der Waals surface area contributed by atoms with Gasteiger partial charge in [-0.25, -0.2) is 8.42 Å². The van der Waals surface area contributed by atoms with Crippen molar-refractivity contribution in [2.75, 3.05) is 19.6 Å². The normalized spacial score (nSPS) is 16.8. The first-order valence-electron chi connectivity index (χ1n) is 9.66. The molecule has 1 aliphatic heterocycles. The molecule has 1 saturated heterocycles. The highest BCUT2D eigenvalue weighted by Gasteiger charge is 2.31. The van der Waals surface area contributed by atoms with Crippen molar-refractivity contribution in [2.45, 2.75) is 51.5 Å². The molecule has 0 radical (unpaired) electrons. The van der Waals surface area contributed by atoms with Crippen LogP contribution < -0.4 is 5.32 Å². The number of carbonyl (C=O) groups is 1. The maximum Gasteiger partial charge on any atom is 0.262 e. The largest absolute Gasteiger partial charge is 0.351 e. The predicted octanol–water partition coefficient (Wildman–Crippen LogP) is 2.80. The van der Waals surface area contributed by atoms with Gasteiger partial charge in [0.15, 0.2) is 0 Å². The van der Waals surface area contributed by atoms with Gasteiger partial charge >= 0.3 is 0 Å². The molecule has 7 nitrogen and oxygen atoms in total. The van der Waals surface area contributed by atoms with Crippen LogP contribution in [0.3, 0.4) is 0 Å². The fourth-order valence-corrected chi connectivity index (χ4v) is 6.31. The van der Waals surface area contributed by atoms with Gasteiger partial charge in [0.1, 0.15) is 9.77 Å². The molecule has 0 saturated carbocycles. The van der Waals surface area contributed by atoms with Crippen molar-refractivity contribution in [2.24, 2.45) is 5.92 Å². The van der Waals surface area contributed by atoms with E-state index in [0.717, 1.165) is 30.7 Å². The molecule has 1 amide bonds. The molecule has 154 valence electrons. The van der Waals surface area contributed by atoms with Gasteiger partial charge in [-0.3, -0.25) is 9.48 Å². The van der Waals surface area contributed by atoms with Crippen LogP contribution in [-0.4, -0.2) is 48.0 Å². The summed E-state index contributed by atoms with van der Waals surface area (Å²) in [5.74, 6) is -0.158. The number of amides is 1. The zero-order valence-corrected chi connectivity index (χ0v) is 18.3. The quantitative estimate of drug-likeness (QED) is 0.741. The average molecular weight is 425 g/mol. The van der Waals surface area contributed by atoms with Crippen LogP contribution in [0.1, 0.15) is 47.2 Å². The van der Waals surface area contributed by atoms with E-state index in [9.17, 15) is 13.2 Å². The van der Waals surface area contributed by atoms with E-state index >= 15 is 0 Å². The van der Waals surface area contributed by atoms with Crippen molar-refractivity contribution < 1.29 is 13.2 Å². The Labute approximate surface area is 170 Å². The number of hydrogen-bond acceptors (Lipinski definition) is 5. The van der Waals surface area contributed by atoms with Crippen molar-refractivity contribution in [3.8, 4) is 0 Å². The first kappa shape index (κ1) is 21.0. The van der Waals surface area contributed by atoms with Crippen LogP contribution in [0.4, 0.5) is 0 Å². The molecule has 3 rings (SSSR count). The lowest BCUT2D eigenvalue weighted by Crippen LogP contribution is -2.37. The third kappa shape index (κ3) is 4.64. The lowest BCUT2D eigenvalue weighted by molar-refractivity contribution is 0.0947. The number of rotatable bonds is 7. The molecule has 0 aromatic carbocycles. The minimum Gasteiger partial charge on any atom is -0.351 e. The molecule has 2 aromatic rings. The van der Waals surface area contributed by atoms with Crippen molar-refractivity contribution in [3.63, 3.8) is 0 Å². The average Bonchev–Trinajstić information content (AvgIpc) is 3.27. The molecule has 1 N–H and O–H groups in total. The molecule has 1 fully saturated rings. The van der Waals surface area contributed by atoms with E-state index < -0.39 is 10.0 Å². The zero-order chi connectivity index (χ0) is 20.3. The van der Waals surface area contributed by atoms with Gasteiger partial charge < -0.3 is 5.32 Å². The van der Waals surface area contributed by atoms with Crippen molar-refractivity contribution in [1.29, 1.82) is 0 Å². The number of nitrogens with zero attached hydrogens (tertiary/aromatic N) is 3. The molecule has 0 aliphatic carbocycles. The number of piperidine rings is 1. The first-order valence-corrected chi connectivity index (χ1v) is 12.0. The Morgan fingerprint density at radius 1 is 1.29 bits per heavy atom. The van der Waals surface area contributed by atoms with E-state index in [2.05, 4.69) is 10.4 Å². The second-order valence-electron chi connectivity index (χ2n) is 7.50. The van der Waals surface area contributed by atoms with Crippen molar-refractivity contribution >= 4 is 27.3 Å². The van der Waals surface area contributed by atoms with Crippen LogP contribution in [0.5, 0.6) is 0 Å². The molecule has 0 unspecified atom stereocenters. The van der Waals surface area contributed by atoms with Crippen LogP contribution in [-0.2, 0) is 16.6 Å². The van der Waals surface area contributed by atoms with E-state index in [4.69, 9.17) is 0 Å². The highest BCUT2D eigenvalue weighted by atomic mass is 32.2. The molecule has 2 aromatic heterocycles. The molecular formula is C19H28N4O3S2. The van der Waals surface area contributed by atoms with Crippen molar-refractivity contribution in [1.82, 2.24) is 19.4 Å². The van der Waals surface area contributed by atoms with E-state index in [1.165, 1.54) is 15.6 Å². The summed E-state index contributed by atoms with van der Waals surface area (Å²) in [7, 11) is -3.62. The molecule has 0 bridgehead atoms. The van der Waals surface area contributed by atoms with Crippen molar-refractivity contribution in [3.05, 3.63) is 33.8 Å². The number of sulfonamides is 1.